The normalized spacial score (nSPS) is 11.7. The summed E-state index contributed by atoms with van der Waals surface area (Å²) in [6.07, 6.45) is 0. The molecule has 0 amide bonds. The maximum atomic E-state index is 2.39. The highest BCUT2D eigenvalue weighted by Gasteiger charge is 2.46. The van der Waals surface area contributed by atoms with E-state index in [2.05, 4.69) is 527 Å². The molecule has 22 rings (SSSR count). The van der Waals surface area contributed by atoms with Crippen molar-refractivity contribution in [2.45, 2.75) is 5.41 Å². The van der Waals surface area contributed by atoms with Gasteiger partial charge in [-0.1, -0.05) is 328 Å². The summed E-state index contributed by atoms with van der Waals surface area (Å²) in [5.74, 6) is 0. The predicted molar refractivity (Wildman–Crippen MR) is 506 cm³/mol. The summed E-state index contributed by atoms with van der Waals surface area (Å²) in [6.45, 7) is 0. The average Bonchev–Trinajstić information content (AvgIpc) is 1.55. The molecule has 0 atom stereocenters. The van der Waals surface area contributed by atoms with E-state index < -0.39 is 0 Å². The lowest BCUT2D eigenvalue weighted by atomic mass is 9.67. The van der Waals surface area contributed by atoms with Crippen LogP contribution in [0.2, 0.25) is 0 Å². The number of rotatable bonds is 16. The second-order valence-electron chi connectivity index (χ2n) is 30.3. The Balaban J connectivity index is 0.000000115. The van der Waals surface area contributed by atoms with Crippen molar-refractivity contribution in [1.29, 1.82) is 0 Å². The molecule has 120 heavy (non-hydrogen) atoms. The molecule has 2 aromatic heterocycles. The molecule has 5 heteroatoms. The third-order valence-corrected chi connectivity index (χ3v) is 23.3. The Kier molecular flexibility index (Phi) is 20.0. The molecule has 0 N–H and O–H groups in total. The lowest BCUT2D eigenvalue weighted by Crippen LogP contribution is -2.28. The molecule has 0 fully saturated rings. The van der Waals surface area contributed by atoms with E-state index in [4.69, 9.17) is 0 Å². The Morgan fingerprint density at radius 1 is 0.158 bits per heavy atom. The van der Waals surface area contributed by atoms with Crippen LogP contribution < -0.4 is 14.7 Å². The number of benzene rings is 19. The maximum absolute atomic E-state index is 2.39. The Bertz CT molecular complexity index is 6630. The smallest absolute Gasteiger partial charge is 0.0713 e. The molecule has 0 radical (unpaired) electrons. The highest BCUT2D eigenvalue weighted by Crippen LogP contribution is 2.57. The van der Waals surface area contributed by atoms with Crippen LogP contribution in [0.5, 0.6) is 0 Å². The van der Waals surface area contributed by atoms with E-state index in [1.807, 2.05) is 0 Å². The van der Waals surface area contributed by atoms with Gasteiger partial charge in [0.1, 0.15) is 0 Å². The second-order valence-corrected chi connectivity index (χ2v) is 30.3. The van der Waals surface area contributed by atoms with Crippen LogP contribution in [0, 0.1) is 0 Å². The standard InChI is InChI=1S/C43H31N.2C36H26N2/c1-5-15-34(16-6-1)43(35-17-7-2-8-18-35)41-24-14-13-23-39(41)40-31-33(27-30-42(40)43)32-25-28-38(29-26-32)44(36-19-9-3-10-20-36)37-21-11-4-12-22-37;2*1-4-12-29(13-5-1)37(30-14-6-2-7-15-30)32-23-20-27(21-24-32)28-22-25-36-34(26-28)33-18-10-11-19-35(33)38(36)31-16-8-3-9-17-31/h1-31H;2*1-26H. The Hall–Kier alpha value is -15.8. The zero-order chi connectivity index (χ0) is 80.0. The lowest BCUT2D eigenvalue weighted by molar-refractivity contribution is 0.768. The predicted octanol–water partition coefficient (Wildman–Crippen LogP) is 31.0. The highest BCUT2D eigenvalue weighted by molar-refractivity contribution is 6.12. The summed E-state index contributed by atoms with van der Waals surface area (Å²) in [5, 5.41) is 5.07. The minimum absolute atomic E-state index is 0.372. The van der Waals surface area contributed by atoms with Crippen molar-refractivity contribution in [2.24, 2.45) is 0 Å². The number of hydrogen-bond acceptors (Lipinski definition) is 3. The van der Waals surface area contributed by atoms with E-state index in [0.717, 1.165) is 51.2 Å². The molecule has 0 aliphatic heterocycles. The number of anilines is 9. The van der Waals surface area contributed by atoms with Crippen molar-refractivity contribution in [3.8, 4) is 55.9 Å². The van der Waals surface area contributed by atoms with Crippen LogP contribution in [-0.2, 0) is 5.41 Å². The average molecular weight is 1530 g/mol. The van der Waals surface area contributed by atoms with Crippen LogP contribution in [0.15, 0.2) is 504 Å². The van der Waals surface area contributed by atoms with Gasteiger partial charge in [0.05, 0.1) is 27.5 Å². The molecule has 0 unspecified atom stereocenters. The van der Waals surface area contributed by atoms with Crippen LogP contribution >= 0.6 is 0 Å². The van der Waals surface area contributed by atoms with Gasteiger partial charge in [-0.25, -0.2) is 0 Å². The van der Waals surface area contributed by atoms with Gasteiger partial charge in [-0.2, -0.15) is 0 Å². The van der Waals surface area contributed by atoms with Gasteiger partial charge in [-0.05, 0) is 243 Å². The third-order valence-electron chi connectivity index (χ3n) is 23.3. The molecule has 1 aliphatic rings. The van der Waals surface area contributed by atoms with Crippen LogP contribution in [0.1, 0.15) is 22.3 Å². The largest absolute Gasteiger partial charge is 0.311 e. The molecular weight excluding hydrogens is 1450 g/mol. The molecular formula is C115H83N5. The third kappa shape index (κ3) is 13.9. The minimum atomic E-state index is -0.372. The monoisotopic (exact) mass is 1530 g/mol. The van der Waals surface area contributed by atoms with Gasteiger partial charge in [0.2, 0.25) is 0 Å². The summed E-state index contributed by atoms with van der Waals surface area (Å²) in [5.41, 5.74) is 32.2. The molecule has 0 spiro atoms. The Morgan fingerprint density at radius 3 is 0.742 bits per heavy atom. The number of para-hydroxylation sites is 10. The SMILES string of the molecule is c1ccc(N(c2ccccc2)c2ccc(-c3ccc4c(c3)-c3ccccc3C4(c3ccccc3)c3ccccc3)cc2)cc1.c1ccc(N(c2ccccc2)c2ccc(-c3ccc4c(c3)c3ccccc3n4-c3ccccc3)cc2)cc1.c1ccc(N(c2ccccc2)c2ccc(-c3ccc4c(c3)c3ccccc3n4-c3ccccc3)cc2)cc1. The van der Waals surface area contributed by atoms with E-state index >= 15 is 0 Å². The van der Waals surface area contributed by atoms with E-state index in [1.165, 1.54) is 122 Å². The number of aromatic nitrogens is 2. The first-order valence-electron chi connectivity index (χ1n) is 41.1. The lowest BCUT2D eigenvalue weighted by Gasteiger charge is -2.33. The zero-order valence-electron chi connectivity index (χ0n) is 66.2. The molecule has 0 saturated carbocycles. The van der Waals surface area contributed by atoms with Crippen LogP contribution in [0.25, 0.3) is 99.5 Å². The number of nitrogens with zero attached hydrogens (tertiary/aromatic N) is 5. The maximum Gasteiger partial charge on any atom is 0.0713 e. The van der Waals surface area contributed by atoms with E-state index in [1.54, 1.807) is 0 Å². The molecule has 1 aliphatic carbocycles. The zero-order valence-corrected chi connectivity index (χ0v) is 66.2. The molecule has 568 valence electrons. The quantitative estimate of drug-likeness (QED) is 0.0961. The summed E-state index contributed by atoms with van der Waals surface area (Å²) in [4.78, 5) is 6.89. The van der Waals surface area contributed by atoms with Crippen LogP contribution in [0.4, 0.5) is 51.2 Å². The fourth-order valence-electron chi connectivity index (χ4n) is 17.9. The first-order chi connectivity index (χ1) is 59.6. The summed E-state index contributed by atoms with van der Waals surface area (Å²) < 4.78 is 4.71. The number of fused-ring (bicyclic) bond motifs is 9. The minimum Gasteiger partial charge on any atom is -0.311 e. The van der Waals surface area contributed by atoms with Gasteiger partial charge < -0.3 is 23.8 Å². The van der Waals surface area contributed by atoms with Crippen molar-refractivity contribution < 1.29 is 0 Å². The Labute approximate surface area is 701 Å². The van der Waals surface area contributed by atoms with Crippen molar-refractivity contribution in [1.82, 2.24) is 9.13 Å². The first-order valence-corrected chi connectivity index (χ1v) is 41.1. The number of hydrogen-bond donors (Lipinski definition) is 0. The molecule has 0 saturated heterocycles. The van der Waals surface area contributed by atoms with E-state index in [9.17, 15) is 0 Å². The van der Waals surface area contributed by atoms with E-state index in [-0.39, 0.29) is 5.41 Å². The van der Waals surface area contributed by atoms with Crippen molar-refractivity contribution in [3.05, 3.63) is 526 Å². The highest BCUT2D eigenvalue weighted by atomic mass is 15.2. The fraction of sp³-hybridized carbons (Fsp3) is 0.00870. The van der Waals surface area contributed by atoms with Crippen molar-refractivity contribution >= 4 is 94.8 Å². The van der Waals surface area contributed by atoms with Gasteiger partial charge in [0.15, 0.2) is 0 Å². The second kappa shape index (κ2) is 32.8. The topological polar surface area (TPSA) is 19.6 Å². The van der Waals surface area contributed by atoms with Gasteiger partial charge in [0.25, 0.3) is 0 Å². The molecule has 5 nitrogen and oxygen atoms in total. The fourth-order valence-corrected chi connectivity index (χ4v) is 17.9. The van der Waals surface area contributed by atoms with Crippen molar-refractivity contribution in [3.63, 3.8) is 0 Å². The van der Waals surface area contributed by atoms with Crippen molar-refractivity contribution in [2.75, 3.05) is 14.7 Å². The summed E-state index contributed by atoms with van der Waals surface area (Å²) in [6, 6.07) is 180. The van der Waals surface area contributed by atoms with E-state index in [0.29, 0.717) is 0 Å². The van der Waals surface area contributed by atoms with Crippen LogP contribution in [0.3, 0.4) is 0 Å². The Morgan fingerprint density at radius 2 is 0.400 bits per heavy atom. The molecule has 0 bridgehead atoms. The van der Waals surface area contributed by atoms with Gasteiger partial charge in [-0.15, -0.1) is 0 Å². The first kappa shape index (κ1) is 73.1. The summed E-state index contributed by atoms with van der Waals surface area (Å²) >= 11 is 0. The molecule has 21 aromatic rings. The summed E-state index contributed by atoms with van der Waals surface area (Å²) in [7, 11) is 0. The van der Waals surface area contributed by atoms with Gasteiger partial charge in [-0.3, -0.25) is 0 Å². The van der Waals surface area contributed by atoms with Gasteiger partial charge >= 0.3 is 0 Å². The molecule has 2 heterocycles. The van der Waals surface area contributed by atoms with Crippen LogP contribution in [-0.4, -0.2) is 9.13 Å². The molecule has 19 aromatic carbocycles. The van der Waals surface area contributed by atoms with Gasteiger partial charge in [0, 0.05) is 84.1 Å².